The molecule has 1 aliphatic rings. The number of carbonyl (C=O) groups is 2. The number of urea groups is 1. The zero-order valence-corrected chi connectivity index (χ0v) is 11.0. The number of amides is 2. The number of aromatic nitrogens is 3. The van der Waals surface area contributed by atoms with Gasteiger partial charge in [-0.25, -0.2) is 4.79 Å². The number of rotatable bonds is 4. The molecular formula is C10H15N5O3S. The standard InChI is InChI=1S/C10H15N5O3S/c16-8(17)7-4-2-1-3-6(7)5-11-9(18)12-10-13-14-15-19-10/h6-7H,1-5H2,(H,16,17)(H2,11,12,13,15,18). The van der Waals surface area contributed by atoms with Crippen molar-refractivity contribution in [1.82, 2.24) is 20.1 Å². The van der Waals surface area contributed by atoms with E-state index in [0.717, 1.165) is 30.8 Å². The second kappa shape index (κ2) is 6.41. The molecule has 104 valence electrons. The molecule has 0 aliphatic heterocycles. The van der Waals surface area contributed by atoms with Crippen LogP contribution in [0.3, 0.4) is 0 Å². The van der Waals surface area contributed by atoms with Crippen LogP contribution in [0.5, 0.6) is 0 Å². The van der Waals surface area contributed by atoms with Gasteiger partial charge in [0.15, 0.2) is 0 Å². The summed E-state index contributed by atoms with van der Waals surface area (Å²) >= 11 is 0.980. The predicted octanol–water partition coefficient (Wildman–Crippen LogP) is 0.946. The first-order chi connectivity index (χ1) is 9.16. The molecule has 0 spiro atoms. The largest absolute Gasteiger partial charge is 0.481 e. The van der Waals surface area contributed by atoms with Crippen molar-refractivity contribution in [2.24, 2.45) is 11.8 Å². The van der Waals surface area contributed by atoms with Crippen molar-refractivity contribution in [2.75, 3.05) is 11.9 Å². The normalized spacial score (nSPS) is 22.7. The molecule has 2 atom stereocenters. The zero-order chi connectivity index (χ0) is 13.7. The van der Waals surface area contributed by atoms with E-state index in [9.17, 15) is 9.59 Å². The molecule has 1 fully saturated rings. The maximum absolute atomic E-state index is 11.6. The first-order valence-corrected chi connectivity index (χ1v) is 6.87. The van der Waals surface area contributed by atoms with Crippen molar-refractivity contribution in [1.29, 1.82) is 0 Å². The van der Waals surface area contributed by atoms with Gasteiger partial charge in [0, 0.05) is 18.1 Å². The summed E-state index contributed by atoms with van der Waals surface area (Å²) in [6, 6.07) is -0.409. The third-order valence-corrected chi connectivity index (χ3v) is 3.78. The Morgan fingerprint density at radius 1 is 1.37 bits per heavy atom. The number of hydrogen-bond donors (Lipinski definition) is 3. The minimum atomic E-state index is -0.778. The van der Waals surface area contributed by atoms with Gasteiger partial charge in [-0.15, -0.1) is 0 Å². The Labute approximate surface area is 113 Å². The summed E-state index contributed by atoms with van der Waals surface area (Å²) in [7, 11) is 0. The van der Waals surface area contributed by atoms with Gasteiger partial charge in [-0.1, -0.05) is 22.4 Å². The Morgan fingerprint density at radius 2 is 2.16 bits per heavy atom. The minimum Gasteiger partial charge on any atom is -0.481 e. The highest BCUT2D eigenvalue weighted by Gasteiger charge is 2.30. The second-order valence-corrected chi connectivity index (χ2v) is 5.22. The molecule has 0 saturated heterocycles. The molecule has 0 aromatic carbocycles. The van der Waals surface area contributed by atoms with E-state index in [0.29, 0.717) is 18.1 Å². The second-order valence-electron chi connectivity index (χ2n) is 4.49. The average molecular weight is 285 g/mol. The van der Waals surface area contributed by atoms with Gasteiger partial charge in [0.2, 0.25) is 5.13 Å². The molecular weight excluding hydrogens is 270 g/mol. The molecule has 2 unspecified atom stereocenters. The zero-order valence-electron chi connectivity index (χ0n) is 10.2. The van der Waals surface area contributed by atoms with Crippen LogP contribution in [0.25, 0.3) is 0 Å². The lowest BCUT2D eigenvalue weighted by Gasteiger charge is -2.28. The summed E-state index contributed by atoms with van der Waals surface area (Å²) in [6.07, 6.45) is 3.47. The van der Waals surface area contributed by atoms with Crippen LogP contribution in [0.4, 0.5) is 9.93 Å². The van der Waals surface area contributed by atoms with Gasteiger partial charge < -0.3 is 10.4 Å². The molecule has 0 bridgehead atoms. The smallest absolute Gasteiger partial charge is 0.321 e. The van der Waals surface area contributed by atoms with Crippen molar-refractivity contribution >= 4 is 28.7 Å². The van der Waals surface area contributed by atoms with E-state index < -0.39 is 12.0 Å². The highest BCUT2D eigenvalue weighted by molar-refractivity contribution is 7.09. The van der Waals surface area contributed by atoms with E-state index in [-0.39, 0.29) is 11.8 Å². The van der Waals surface area contributed by atoms with Crippen LogP contribution in [-0.2, 0) is 4.79 Å². The number of hydrogen-bond acceptors (Lipinski definition) is 6. The molecule has 9 heteroatoms. The summed E-state index contributed by atoms with van der Waals surface area (Å²) < 4.78 is 3.52. The van der Waals surface area contributed by atoms with Crippen molar-refractivity contribution in [2.45, 2.75) is 25.7 Å². The van der Waals surface area contributed by atoms with Crippen molar-refractivity contribution < 1.29 is 14.7 Å². The molecule has 0 radical (unpaired) electrons. The molecule has 2 amide bonds. The fourth-order valence-corrected chi connectivity index (χ4v) is 2.69. The highest BCUT2D eigenvalue weighted by Crippen LogP contribution is 2.29. The van der Waals surface area contributed by atoms with Crippen LogP contribution in [0.2, 0.25) is 0 Å². The summed E-state index contributed by atoms with van der Waals surface area (Å²) in [4.78, 5) is 22.7. The lowest BCUT2D eigenvalue weighted by Crippen LogP contribution is -2.38. The maximum atomic E-state index is 11.6. The molecule has 1 aromatic heterocycles. The summed E-state index contributed by atoms with van der Waals surface area (Å²) in [5.41, 5.74) is 0. The lowest BCUT2D eigenvalue weighted by atomic mass is 9.79. The Kier molecular flexibility index (Phi) is 4.61. The first kappa shape index (κ1) is 13.7. The van der Waals surface area contributed by atoms with Crippen LogP contribution in [-0.4, -0.2) is 38.5 Å². The number of nitrogens with zero attached hydrogens (tertiary/aromatic N) is 3. The van der Waals surface area contributed by atoms with E-state index >= 15 is 0 Å². The van der Waals surface area contributed by atoms with Gasteiger partial charge in [0.05, 0.1) is 5.92 Å². The molecule has 3 N–H and O–H groups in total. The third-order valence-electron chi connectivity index (χ3n) is 3.27. The number of anilines is 1. The van der Waals surface area contributed by atoms with E-state index in [2.05, 4.69) is 25.4 Å². The van der Waals surface area contributed by atoms with Crippen LogP contribution >= 0.6 is 11.5 Å². The Bertz CT molecular complexity index is 438. The number of nitrogens with one attached hydrogen (secondary N) is 2. The van der Waals surface area contributed by atoms with Crippen molar-refractivity contribution in [3.05, 3.63) is 0 Å². The first-order valence-electron chi connectivity index (χ1n) is 6.09. The molecule has 1 aromatic rings. The molecule has 1 aliphatic carbocycles. The number of carbonyl (C=O) groups excluding carboxylic acids is 1. The van der Waals surface area contributed by atoms with Crippen molar-refractivity contribution in [3.8, 4) is 0 Å². The van der Waals surface area contributed by atoms with Gasteiger partial charge >= 0.3 is 12.0 Å². The van der Waals surface area contributed by atoms with Gasteiger partial charge in [0.25, 0.3) is 0 Å². The van der Waals surface area contributed by atoms with Crippen molar-refractivity contribution in [3.63, 3.8) is 0 Å². The summed E-state index contributed by atoms with van der Waals surface area (Å²) in [6.45, 7) is 0.356. The Balaban J connectivity index is 1.80. The number of carboxylic acids is 1. The Morgan fingerprint density at radius 3 is 2.84 bits per heavy atom. The van der Waals surface area contributed by atoms with Gasteiger partial charge in [-0.05, 0) is 24.0 Å². The average Bonchev–Trinajstić information content (AvgIpc) is 2.89. The maximum Gasteiger partial charge on any atom is 0.321 e. The van der Waals surface area contributed by atoms with Crippen LogP contribution in [0.1, 0.15) is 25.7 Å². The predicted molar refractivity (Wildman–Crippen MR) is 67.8 cm³/mol. The van der Waals surface area contributed by atoms with Gasteiger partial charge in [-0.3, -0.25) is 10.1 Å². The Hall–Kier alpha value is -1.77. The quantitative estimate of drug-likeness (QED) is 0.758. The van der Waals surface area contributed by atoms with E-state index in [1.807, 2.05) is 0 Å². The monoisotopic (exact) mass is 285 g/mol. The van der Waals surface area contributed by atoms with Crippen LogP contribution in [0.15, 0.2) is 0 Å². The lowest BCUT2D eigenvalue weighted by molar-refractivity contribution is -0.144. The van der Waals surface area contributed by atoms with Gasteiger partial charge in [-0.2, -0.15) is 0 Å². The molecule has 19 heavy (non-hydrogen) atoms. The van der Waals surface area contributed by atoms with E-state index in [1.165, 1.54) is 0 Å². The number of aliphatic carboxylic acids is 1. The summed E-state index contributed by atoms with van der Waals surface area (Å²) in [5, 5.41) is 21.6. The molecule has 8 nitrogen and oxygen atoms in total. The molecule has 2 rings (SSSR count). The van der Waals surface area contributed by atoms with E-state index in [4.69, 9.17) is 5.11 Å². The van der Waals surface area contributed by atoms with Crippen LogP contribution < -0.4 is 10.6 Å². The minimum absolute atomic E-state index is 0.00968. The molecule has 1 saturated carbocycles. The third kappa shape index (κ3) is 3.85. The van der Waals surface area contributed by atoms with Crippen LogP contribution in [0, 0.1) is 11.8 Å². The van der Waals surface area contributed by atoms with Gasteiger partial charge in [0.1, 0.15) is 0 Å². The fourth-order valence-electron chi connectivity index (χ4n) is 2.32. The summed E-state index contributed by atoms with van der Waals surface area (Å²) in [5.74, 6) is -1.15. The topological polar surface area (TPSA) is 117 Å². The number of carboxylic acid groups (broad SMARTS) is 1. The SMILES string of the molecule is O=C(NCC1CCCCC1C(=O)O)Nc1nnns1. The molecule has 1 heterocycles. The van der Waals surface area contributed by atoms with E-state index in [1.54, 1.807) is 0 Å². The highest BCUT2D eigenvalue weighted by atomic mass is 32.1. The fraction of sp³-hybridized carbons (Fsp3) is 0.700.